The Kier molecular flexibility index (Phi) is 6.58. The molecule has 0 saturated carbocycles. The lowest BCUT2D eigenvalue weighted by molar-refractivity contribution is -0.135. The number of nitrogens with zero attached hydrogens (tertiary/aromatic N) is 2. The number of carbonyl (C=O) groups excluding carboxylic acids is 2. The van der Waals surface area contributed by atoms with Gasteiger partial charge in [-0.25, -0.2) is 13.2 Å². The number of hydrogen-bond donors (Lipinski definition) is 1. The van der Waals surface area contributed by atoms with Gasteiger partial charge in [0.1, 0.15) is 17.1 Å². The van der Waals surface area contributed by atoms with E-state index in [2.05, 4.69) is 0 Å². The third-order valence-electron chi connectivity index (χ3n) is 4.72. The average molecular weight is 434 g/mol. The summed E-state index contributed by atoms with van der Waals surface area (Å²) in [5.41, 5.74) is -0.110. The van der Waals surface area contributed by atoms with Crippen molar-refractivity contribution in [1.29, 1.82) is 0 Å². The lowest BCUT2D eigenvalue weighted by atomic mass is 10.2. The van der Waals surface area contributed by atoms with E-state index in [1.54, 1.807) is 18.2 Å². The van der Waals surface area contributed by atoms with E-state index in [4.69, 9.17) is 9.47 Å². The monoisotopic (exact) mass is 434 g/mol. The van der Waals surface area contributed by atoms with Gasteiger partial charge < -0.3 is 19.5 Å². The maximum Gasteiger partial charge on any atom is 0.342 e. The van der Waals surface area contributed by atoms with Crippen LogP contribution in [-0.4, -0.2) is 74.5 Å². The number of amides is 1. The summed E-state index contributed by atoms with van der Waals surface area (Å²) in [6.45, 7) is 0.155. The van der Waals surface area contributed by atoms with Gasteiger partial charge in [-0.15, -0.1) is 0 Å². The van der Waals surface area contributed by atoms with Gasteiger partial charge in [-0.05, 0) is 30.3 Å². The number of rotatable bonds is 6. The van der Waals surface area contributed by atoms with E-state index in [0.717, 1.165) is 0 Å². The van der Waals surface area contributed by atoms with Gasteiger partial charge in [0.15, 0.2) is 6.61 Å². The van der Waals surface area contributed by atoms with Crippen LogP contribution in [0.1, 0.15) is 10.4 Å². The Morgan fingerprint density at radius 1 is 1.03 bits per heavy atom. The molecule has 1 aliphatic heterocycles. The summed E-state index contributed by atoms with van der Waals surface area (Å²) in [6.07, 6.45) is 0. The average Bonchev–Trinajstić information content (AvgIpc) is 2.78. The van der Waals surface area contributed by atoms with Gasteiger partial charge in [0, 0.05) is 26.2 Å². The van der Waals surface area contributed by atoms with Crippen LogP contribution in [0.4, 0.5) is 0 Å². The summed E-state index contributed by atoms with van der Waals surface area (Å²) in [4.78, 5) is 26.2. The Hall–Kier alpha value is -3.11. The van der Waals surface area contributed by atoms with Gasteiger partial charge in [-0.3, -0.25) is 4.79 Å². The number of piperazine rings is 1. The molecule has 160 valence electrons. The maximum atomic E-state index is 12.6. The van der Waals surface area contributed by atoms with E-state index in [1.807, 2.05) is 0 Å². The molecule has 0 spiro atoms. The Morgan fingerprint density at radius 2 is 1.70 bits per heavy atom. The zero-order valence-electron chi connectivity index (χ0n) is 16.4. The second-order valence-corrected chi connectivity index (χ2v) is 8.50. The highest BCUT2D eigenvalue weighted by molar-refractivity contribution is 7.89. The SMILES string of the molecule is COc1ccc(O)c(C(=O)OCC(=O)N2CCN(S(=O)(=O)c3ccccc3)CC2)c1. The van der Waals surface area contributed by atoms with Crippen LogP contribution in [0.3, 0.4) is 0 Å². The van der Waals surface area contributed by atoms with Crippen molar-refractivity contribution in [3.63, 3.8) is 0 Å². The molecule has 0 atom stereocenters. The maximum absolute atomic E-state index is 12.6. The van der Waals surface area contributed by atoms with Crippen molar-refractivity contribution < 1.29 is 32.6 Å². The van der Waals surface area contributed by atoms with Crippen LogP contribution in [0.25, 0.3) is 0 Å². The van der Waals surface area contributed by atoms with E-state index in [-0.39, 0.29) is 42.4 Å². The zero-order chi connectivity index (χ0) is 21.7. The van der Waals surface area contributed by atoms with Gasteiger partial charge >= 0.3 is 5.97 Å². The normalized spacial score (nSPS) is 14.9. The number of aromatic hydroxyl groups is 1. The lowest BCUT2D eigenvalue weighted by Gasteiger charge is -2.33. The summed E-state index contributed by atoms with van der Waals surface area (Å²) < 4.78 is 36.6. The van der Waals surface area contributed by atoms with Crippen molar-refractivity contribution in [1.82, 2.24) is 9.21 Å². The number of phenols is 1. The summed E-state index contributed by atoms with van der Waals surface area (Å²) in [5.74, 6) is -1.22. The Bertz CT molecular complexity index is 1020. The van der Waals surface area contributed by atoms with Crippen LogP contribution < -0.4 is 4.74 Å². The number of methoxy groups -OCH3 is 1. The van der Waals surface area contributed by atoms with Crippen molar-refractivity contribution in [2.75, 3.05) is 39.9 Å². The minimum atomic E-state index is -3.61. The van der Waals surface area contributed by atoms with Crippen LogP contribution in [0.5, 0.6) is 11.5 Å². The quantitative estimate of drug-likeness (QED) is 0.677. The number of hydrogen-bond acceptors (Lipinski definition) is 7. The van der Waals surface area contributed by atoms with E-state index in [1.165, 1.54) is 46.6 Å². The minimum Gasteiger partial charge on any atom is -0.507 e. The fraction of sp³-hybridized carbons (Fsp3) is 0.300. The molecule has 30 heavy (non-hydrogen) atoms. The molecule has 1 fully saturated rings. The second-order valence-electron chi connectivity index (χ2n) is 6.56. The van der Waals surface area contributed by atoms with E-state index >= 15 is 0 Å². The van der Waals surface area contributed by atoms with Crippen LogP contribution in [0, 0.1) is 0 Å². The van der Waals surface area contributed by atoms with Crippen LogP contribution in [-0.2, 0) is 19.6 Å². The van der Waals surface area contributed by atoms with E-state index in [0.29, 0.717) is 5.75 Å². The highest BCUT2D eigenvalue weighted by atomic mass is 32.2. The van der Waals surface area contributed by atoms with Crippen molar-refractivity contribution in [2.45, 2.75) is 4.90 Å². The smallest absolute Gasteiger partial charge is 0.342 e. The second kappa shape index (κ2) is 9.14. The van der Waals surface area contributed by atoms with Crippen molar-refractivity contribution in [3.8, 4) is 11.5 Å². The van der Waals surface area contributed by atoms with Crippen LogP contribution in [0.2, 0.25) is 0 Å². The van der Waals surface area contributed by atoms with Gasteiger partial charge in [0.05, 0.1) is 12.0 Å². The van der Waals surface area contributed by atoms with E-state index in [9.17, 15) is 23.1 Å². The molecule has 3 rings (SSSR count). The topological polar surface area (TPSA) is 113 Å². The molecule has 0 aliphatic carbocycles. The molecule has 10 heteroatoms. The zero-order valence-corrected chi connectivity index (χ0v) is 17.2. The molecular weight excluding hydrogens is 412 g/mol. The molecule has 0 radical (unpaired) electrons. The highest BCUT2D eigenvalue weighted by Gasteiger charge is 2.30. The summed E-state index contributed by atoms with van der Waals surface area (Å²) in [5, 5.41) is 9.80. The van der Waals surface area contributed by atoms with Crippen LogP contribution in [0.15, 0.2) is 53.4 Å². The third kappa shape index (κ3) is 4.71. The molecule has 2 aromatic carbocycles. The van der Waals surface area contributed by atoms with Gasteiger partial charge in [0.2, 0.25) is 10.0 Å². The molecule has 1 N–H and O–H groups in total. The molecule has 0 aromatic heterocycles. The first-order valence-electron chi connectivity index (χ1n) is 9.20. The first-order chi connectivity index (χ1) is 14.3. The summed E-state index contributed by atoms with van der Waals surface area (Å²) >= 11 is 0. The molecule has 0 unspecified atom stereocenters. The van der Waals surface area contributed by atoms with E-state index < -0.39 is 28.5 Å². The molecule has 1 amide bonds. The minimum absolute atomic E-state index is 0.110. The fourth-order valence-corrected chi connectivity index (χ4v) is 4.46. The Morgan fingerprint density at radius 3 is 2.33 bits per heavy atom. The Balaban J connectivity index is 1.54. The molecule has 1 heterocycles. The molecule has 9 nitrogen and oxygen atoms in total. The number of sulfonamides is 1. The van der Waals surface area contributed by atoms with Gasteiger partial charge in [0.25, 0.3) is 5.91 Å². The predicted octanol–water partition coefficient (Wildman–Crippen LogP) is 1.09. The highest BCUT2D eigenvalue weighted by Crippen LogP contribution is 2.23. The molecule has 0 bridgehead atoms. The molecular formula is C20H22N2O7S. The number of benzene rings is 2. The third-order valence-corrected chi connectivity index (χ3v) is 6.64. The molecule has 2 aromatic rings. The number of carbonyl (C=O) groups is 2. The Labute approximate surface area is 174 Å². The van der Waals surface area contributed by atoms with Crippen molar-refractivity contribution >= 4 is 21.9 Å². The van der Waals surface area contributed by atoms with Crippen LogP contribution >= 0.6 is 0 Å². The number of esters is 1. The van der Waals surface area contributed by atoms with Crippen molar-refractivity contribution in [2.24, 2.45) is 0 Å². The first-order valence-corrected chi connectivity index (χ1v) is 10.6. The largest absolute Gasteiger partial charge is 0.507 e. The first kappa shape index (κ1) is 21.6. The number of phenolic OH excluding ortho intramolecular Hbond substituents is 1. The molecule has 1 saturated heterocycles. The predicted molar refractivity (Wildman–Crippen MR) is 107 cm³/mol. The summed E-state index contributed by atoms with van der Waals surface area (Å²) in [7, 11) is -2.19. The fourth-order valence-electron chi connectivity index (χ4n) is 3.02. The van der Waals surface area contributed by atoms with Crippen molar-refractivity contribution in [3.05, 3.63) is 54.1 Å². The standard InChI is InChI=1S/C20H22N2O7S/c1-28-15-7-8-18(23)17(13-15)20(25)29-14-19(24)21-9-11-22(12-10-21)30(26,27)16-5-3-2-4-6-16/h2-8,13,23H,9-12,14H2,1H3. The summed E-state index contributed by atoms with van der Waals surface area (Å²) in [6, 6.07) is 12.2. The molecule has 1 aliphatic rings. The van der Waals surface area contributed by atoms with Gasteiger partial charge in [-0.2, -0.15) is 4.31 Å². The number of ether oxygens (including phenoxy) is 2. The van der Waals surface area contributed by atoms with Gasteiger partial charge in [-0.1, -0.05) is 18.2 Å². The lowest BCUT2D eigenvalue weighted by Crippen LogP contribution is -2.51.